The van der Waals surface area contributed by atoms with E-state index in [0.717, 1.165) is 70.6 Å². The van der Waals surface area contributed by atoms with Gasteiger partial charge in [0.2, 0.25) is 5.91 Å². The molecule has 0 rings (SSSR count). The first kappa shape index (κ1) is 64.3. The Hall–Kier alpha value is -1.66. The van der Waals surface area contributed by atoms with Gasteiger partial charge in [-0.3, -0.25) is 9.59 Å². The highest BCUT2D eigenvalue weighted by molar-refractivity contribution is 5.76. The van der Waals surface area contributed by atoms with Gasteiger partial charge in [-0.1, -0.05) is 256 Å². The topological polar surface area (TPSA) is 95.9 Å². The molecule has 0 saturated heterocycles. The van der Waals surface area contributed by atoms with Crippen LogP contribution in [-0.2, 0) is 14.3 Å². The molecule has 390 valence electrons. The second-order valence-electron chi connectivity index (χ2n) is 20.3. The number of allylic oxidation sites excluding steroid dienone is 4. The number of hydrogen-bond acceptors (Lipinski definition) is 5. The van der Waals surface area contributed by atoms with E-state index in [9.17, 15) is 19.8 Å². The lowest BCUT2D eigenvalue weighted by Crippen LogP contribution is -2.45. The standard InChI is InChI=1S/C60H115NO5/c1-3-5-7-9-11-13-15-17-19-20-21-22-23-24-26-28-32-36-40-44-48-52-58(63)57(56-62)61-59(64)53-49-45-41-37-33-29-27-31-35-39-43-47-51-55-66-60(65)54-50-46-42-38-34-30-25-18-16-14-12-10-8-6-4-2/h18,25,29,33,57-58,62-63H,3-17,19-24,26-28,30-32,34-56H2,1-2H3,(H,61,64)/b25-18-,33-29-. The van der Waals surface area contributed by atoms with Gasteiger partial charge in [0.05, 0.1) is 25.4 Å². The fraction of sp³-hybridized carbons (Fsp3) is 0.900. The van der Waals surface area contributed by atoms with Crippen molar-refractivity contribution >= 4 is 11.9 Å². The van der Waals surface area contributed by atoms with Gasteiger partial charge in [0.25, 0.3) is 0 Å². The van der Waals surface area contributed by atoms with Gasteiger partial charge in [0, 0.05) is 12.8 Å². The van der Waals surface area contributed by atoms with E-state index >= 15 is 0 Å². The molecule has 0 bridgehead atoms. The number of carbonyl (C=O) groups is 2. The van der Waals surface area contributed by atoms with E-state index in [1.165, 1.54) is 218 Å². The lowest BCUT2D eigenvalue weighted by molar-refractivity contribution is -0.143. The normalized spacial score (nSPS) is 12.7. The van der Waals surface area contributed by atoms with E-state index in [1.807, 2.05) is 0 Å². The molecule has 0 aliphatic rings. The average molecular weight is 931 g/mol. The number of amides is 1. The molecule has 0 radical (unpaired) electrons. The summed E-state index contributed by atoms with van der Waals surface area (Å²) in [6, 6.07) is -0.563. The smallest absolute Gasteiger partial charge is 0.305 e. The van der Waals surface area contributed by atoms with E-state index in [-0.39, 0.29) is 18.5 Å². The van der Waals surface area contributed by atoms with Gasteiger partial charge in [-0.15, -0.1) is 0 Å². The fourth-order valence-corrected chi connectivity index (χ4v) is 9.16. The van der Waals surface area contributed by atoms with E-state index < -0.39 is 12.1 Å². The van der Waals surface area contributed by atoms with Crippen LogP contribution in [0.1, 0.15) is 322 Å². The van der Waals surface area contributed by atoms with Crippen LogP contribution in [0.3, 0.4) is 0 Å². The Morgan fingerprint density at radius 2 is 0.712 bits per heavy atom. The number of nitrogens with one attached hydrogen (secondary N) is 1. The molecule has 2 atom stereocenters. The zero-order valence-electron chi connectivity index (χ0n) is 44.4. The predicted octanol–water partition coefficient (Wildman–Crippen LogP) is 18.2. The lowest BCUT2D eigenvalue weighted by Gasteiger charge is -2.22. The summed E-state index contributed by atoms with van der Waals surface area (Å²) in [4.78, 5) is 24.5. The number of esters is 1. The molecule has 0 spiro atoms. The van der Waals surface area contributed by atoms with Crippen LogP contribution in [0.15, 0.2) is 24.3 Å². The molecule has 0 aliphatic heterocycles. The van der Waals surface area contributed by atoms with Gasteiger partial charge in [-0.25, -0.2) is 0 Å². The van der Waals surface area contributed by atoms with Crippen LogP contribution in [0.2, 0.25) is 0 Å². The first-order chi connectivity index (χ1) is 32.5. The van der Waals surface area contributed by atoms with Gasteiger partial charge in [0.1, 0.15) is 0 Å². The average Bonchev–Trinajstić information content (AvgIpc) is 3.32. The third-order valence-corrected chi connectivity index (χ3v) is 13.7. The van der Waals surface area contributed by atoms with E-state index in [2.05, 4.69) is 43.5 Å². The molecule has 6 nitrogen and oxygen atoms in total. The minimum absolute atomic E-state index is 0.0198. The van der Waals surface area contributed by atoms with Crippen LogP contribution in [0.25, 0.3) is 0 Å². The first-order valence-electron chi connectivity index (χ1n) is 29.6. The quantitative estimate of drug-likeness (QED) is 0.0321. The Bertz CT molecular complexity index is 1030. The molecule has 2 unspecified atom stereocenters. The highest BCUT2D eigenvalue weighted by Crippen LogP contribution is 2.17. The van der Waals surface area contributed by atoms with Crippen LogP contribution in [0.5, 0.6) is 0 Å². The molecule has 6 heteroatoms. The minimum atomic E-state index is -0.682. The van der Waals surface area contributed by atoms with Crippen molar-refractivity contribution in [2.24, 2.45) is 0 Å². The third kappa shape index (κ3) is 51.7. The maximum Gasteiger partial charge on any atom is 0.305 e. The van der Waals surface area contributed by atoms with Crippen LogP contribution in [0, 0.1) is 0 Å². The summed E-state index contributed by atoms with van der Waals surface area (Å²) in [5.74, 6) is -0.0823. The van der Waals surface area contributed by atoms with Crippen molar-refractivity contribution in [3.63, 3.8) is 0 Å². The molecule has 1 amide bonds. The van der Waals surface area contributed by atoms with Crippen molar-refractivity contribution in [3.8, 4) is 0 Å². The lowest BCUT2D eigenvalue weighted by atomic mass is 10.0. The number of ether oxygens (including phenoxy) is 1. The first-order valence-corrected chi connectivity index (χ1v) is 29.6. The number of aliphatic hydroxyl groups is 2. The highest BCUT2D eigenvalue weighted by atomic mass is 16.5. The Balaban J connectivity index is 3.49. The van der Waals surface area contributed by atoms with E-state index in [4.69, 9.17) is 4.74 Å². The van der Waals surface area contributed by atoms with E-state index in [0.29, 0.717) is 25.9 Å². The molecule has 0 aromatic carbocycles. The summed E-state index contributed by atoms with van der Waals surface area (Å²) in [5.41, 5.74) is 0. The summed E-state index contributed by atoms with van der Waals surface area (Å²) in [6.07, 6.45) is 67.4. The zero-order chi connectivity index (χ0) is 47.9. The largest absolute Gasteiger partial charge is 0.466 e. The predicted molar refractivity (Wildman–Crippen MR) is 287 cm³/mol. The zero-order valence-corrected chi connectivity index (χ0v) is 44.4. The number of aliphatic hydroxyl groups excluding tert-OH is 2. The number of carbonyl (C=O) groups excluding carboxylic acids is 2. The second kappa shape index (κ2) is 55.9. The number of rotatable bonds is 55. The van der Waals surface area contributed by atoms with Crippen LogP contribution in [-0.4, -0.2) is 47.4 Å². The van der Waals surface area contributed by atoms with Gasteiger partial charge < -0.3 is 20.3 Å². The molecule has 66 heavy (non-hydrogen) atoms. The van der Waals surface area contributed by atoms with Gasteiger partial charge in [-0.05, 0) is 77.0 Å². The summed E-state index contributed by atoms with van der Waals surface area (Å²) in [7, 11) is 0. The Morgan fingerprint density at radius 3 is 1.09 bits per heavy atom. The summed E-state index contributed by atoms with van der Waals surface area (Å²) in [6.45, 7) is 4.92. The van der Waals surface area contributed by atoms with Crippen molar-refractivity contribution < 1.29 is 24.5 Å². The number of hydrogen-bond donors (Lipinski definition) is 3. The summed E-state index contributed by atoms with van der Waals surface area (Å²) >= 11 is 0. The maximum absolute atomic E-state index is 12.5. The summed E-state index contributed by atoms with van der Waals surface area (Å²) in [5, 5.41) is 23.3. The van der Waals surface area contributed by atoms with Gasteiger partial charge >= 0.3 is 5.97 Å². The van der Waals surface area contributed by atoms with Crippen LogP contribution in [0.4, 0.5) is 0 Å². The second-order valence-corrected chi connectivity index (χ2v) is 20.3. The number of unbranched alkanes of at least 4 members (excludes halogenated alkanes) is 40. The van der Waals surface area contributed by atoms with Gasteiger partial charge in [0.15, 0.2) is 0 Å². The maximum atomic E-state index is 12.5. The van der Waals surface area contributed by atoms with Crippen molar-refractivity contribution in [1.82, 2.24) is 5.32 Å². The van der Waals surface area contributed by atoms with Crippen molar-refractivity contribution in [1.29, 1.82) is 0 Å². The molecule has 0 heterocycles. The molecule has 3 N–H and O–H groups in total. The Morgan fingerprint density at radius 1 is 0.409 bits per heavy atom. The summed E-state index contributed by atoms with van der Waals surface area (Å²) < 4.78 is 5.46. The molecular weight excluding hydrogens is 815 g/mol. The van der Waals surface area contributed by atoms with Crippen LogP contribution >= 0.6 is 0 Å². The minimum Gasteiger partial charge on any atom is -0.466 e. The third-order valence-electron chi connectivity index (χ3n) is 13.7. The van der Waals surface area contributed by atoms with Gasteiger partial charge in [-0.2, -0.15) is 0 Å². The van der Waals surface area contributed by atoms with Crippen molar-refractivity contribution in [2.75, 3.05) is 13.2 Å². The Labute approximate surface area is 411 Å². The SMILES string of the molecule is CCCCCCCC/C=C\CCCCCCCC(=O)OCCCCCCCC/C=C\CCCCCC(=O)NC(CO)C(O)CCCCCCCCCCCCCCCCCCCCCCC. The molecule has 0 aliphatic carbocycles. The van der Waals surface area contributed by atoms with Crippen LogP contribution < -0.4 is 5.32 Å². The highest BCUT2D eigenvalue weighted by Gasteiger charge is 2.20. The molecular formula is C60H115NO5. The molecule has 0 aromatic heterocycles. The van der Waals surface area contributed by atoms with Crippen molar-refractivity contribution in [2.45, 2.75) is 334 Å². The molecule has 0 saturated carbocycles. The van der Waals surface area contributed by atoms with E-state index in [1.54, 1.807) is 0 Å². The monoisotopic (exact) mass is 930 g/mol. The molecule has 0 aromatic rings. The van der Waals surface area contributed by atoms with Crippen molar-refractivity contribution in [3.05, 3.63) is 24.3 Å². The molecule has 0 fully saturated rings. The fourth-order valence-electron chi connectivity index (χ4n) is 9.16. The Kier molecular flexibility index (Phi) is 54.5.